The van der Waals surface area contributed by atoms with Gasteiger partial charge >= 0.3 is 11.9 Å². The Morgan fingerprint density at radius 2 is 1.63 bits per heavy atom. The third-order valence-corrected chi connectivity index (χ3v) is 2.80. The topological polar surface area (TPSA) is 43.4 Å². The van der Waals surface area contributed by atoms with Crippen LogP contribution in [0.4, 0.5) is 0 Å². The lowest BCUT2D eigenvalue weighted by Gasteiger charge is -2.05. The first-order valence-electron chi connectivity index (χ1n) is 5.97. The van der Waals surface area contributed by atoms with Gasteiger partial charge in [0, 0.05) is 0 Å². The molecule has 0 saturated heterocycles. The minimum atomic E-state index is -0.628. The number of hydrogen-bond acceptors (Lipinski definition) is 3. The molecule has 2 aromatic carbocycles. The van der Waals surface area contributed by atoms with Gasteiger partial charge in [-0.05, 0) is 37.6 Å². The fourth-order valence-corrected chi connectivity index (χ4v) is 1.77. The van der Waals surface area contributed by atoms with Crippen LogP contribution < -0.4 is 0 Å². The van der Waals surface area contributed by atoms with Gasteiger partial charge in [-0.1, -0.05) is 35.9 Å². The van der Waals surface area contributed by atoms with Crippen molar-refractivity contribution in [1.29, 1.82) is 0 Å². The lowest BCUT2D eigenvalue weighted by molar-refractivity contribution is 0.0397. The quantitative estimate of drug-likeness (QED) is 0.610. The second-order valence-electron chi connectivity index (χ2n) is 4.36. The lowest BCUT2D eigenvalue weighted by atomic mass is 10.1. The summed E-state index contributed by atoms with van der Waals surface area (Å²) in [6.45, 7) is 3.67. The molecule has 0 aliphatic rings. The number of carbonyl (C=O) groups is 2. The third kappa shape index (κ3) is 3.07. The van der Waals surface area contributed by atoms with Gasteiger partial charge in [-0.25, -0.2) is 9.59 Å². The van der Waals surface area contributed by atoms with E-state index in [1.54, 1.807) is 43.3 Å². The van der Waals surface area contributed by atoms with Gasteiger partial charge in [0.05, 0.1) is 11.1 Å². The zero-order chi connectivity index (χ0) is 13.8. The molecule has 0 fully saturated rings. The minimum Gasteiger partial charge on any atom is -0.386 e. The van der Waals surface area contributed by atoms with Crippen LogP contribution in [0.1, 0.15) is 31.8 Å². The van der Waals surface area contributed by atoms with Crippen molar-refractivity contribution in [3.63, 3.8) is 0 Å². The summed E-state index contributed by atoms with van der Waals surface area (Å²) in [4.78, 5) is 23.7. The van der Waals surface area contributed by atoms with E-state index in [1.807, 2.05) is 19.1 Å². The maximum atomic E-state index is 11.9. The second-order valence-corrected chi connectivity index (χ2v) is 4.36. The highest BCUT2D eigenvalue weighted by Crippen LogP contribution is 2.11. The predicted octanol–water partition coefficient (Wildman–Crippen LogP) is 3.30. The molecule has 0 radical (unpaired) electrons. The number of benzene rings is 2. The molecule has 2 aromatic rings. The van der Waals surface area contributed by atoms with Crippen molar-refractivity contribution < 1.29 is 14.3 Å². The smallest absolute Gasteiger partial charge is 0.346 e. The molecule has 0 aromatic heterocycles. The third-order valence-electron chi connectivity index (χ3n) is 2.80. The van der Waals surface area contributed by atoms with Crippen LogP contribution >= 0.6 is 0 Å². The molecule has 0 heterocycles. The zero-order valence-corrected chi connectivity index (χ0v) is 10.8. The largest absolute Gasteiger partial charge is 0.386 e. The van der Waals surface area contributed by atoms with E-state index in [1.165, 1.54) is 0 Å². The molecular formula is C16H14O3. The average molecular weight is 254 g/mol. The molecule has 0 N–H and O–H groups in total. The van der Waals surface area contributed by atoms with Gasteiger partial charge in [0.1, 0.15) is 0 Å². The summed E-state index contributed by atoms with van der Waals surface area (Å²) in [5.74, 6) is -1.25. The highest BCUT2D eigenvalue weighted by Gasteiger charge is 2.16. The van der Waals surface area contributed by atoms with Crippen LogP contribution in [0.25, 0.3) is 0 Å². The average Bonchev–Trinajstić information content (AvgIpc) is 2.39. The fourth-order valence-electron chi connectivity index (χ4n) is 1.77. The monoisotopic (exact) mass is 254 g/mol. The Hall–Kier alpha value is -2.42. The maximum Gasteiger partial charge on any atom is 0.346 e. The SMILES string of the molecule is Cc1cccc(C(=O)OC(=O)c2ccccc2C)c1. The van der Waals surface area contributed by atoms with Crippen molar-refractivity contribution in [3.8, 4) is 0 Å². The molecule has 3 nitrogen and oxygen atoms in total. The molecule has 0 saturated carbocycles. The molecule has 0 spiro atoms. The van der Waals surface area contributed by atoms with Gasteiger partial charge in [0.15, 0.2) is 0 Å². The molecule has 0 aliphatic carbocycles. The Morgan fingerprint density at radius 3 is 2.32 bits per heavy atom. The standard InChI is InChI=1S/C16H14O3/c1-11-6-5-8-13(10-11)15(17)19-16(18)14-9-4-3-7-12(14)2/h3-10H,1-2H3. The molecule has 19 heavy (non-hydrogen) atoms. The number of esters is 2. The van der Waals surface area contributed by atoms with E-state index in [0.29, 0.717) is 11.1 Å². The van der Waals surface area contributed by atoms with E-state index in [-0.39, 0.29) is 0 Å². The summed E-state index contributed by atoms with van der Waals surface area (Å²) in [5, 5.41) is 0. The van der Waals surface area contributed by atoms with Crippen LogP contribution in [-0.2, 0) is 4.74 Å². The second kappa shape index (κ2) is 5.48. The molecular weight excluding hydrogens is 240 g/mol. The summed E-state index contributed by atoms with van der Waals surface area (Å²) < 4.78 is 4.88. The minimum absolute atomic E-state index is 0.377. The fraction of sp³-hybridized carbons (Fsp3) is 0.125. The van der Waals surface area contributed by atoms with Crippen molar-refractivity contribution in [2.24, 2.45) is 0 Å². The van der Waals surface area contributed by atoms with Crippen LogP contribution in [0, 0.1) is 13.8 Å². The molecule has 2 rings (SSSR count). The molecule has 3 heteroatoms. The van der Waals surface area contributed by atoms with Gasteiger partial charge < -0.3 is 4.74 Å². The highest BCUT2D eigenvalue weighted by atomic mass is 16.6. The van der Waals surface area contributed by atoms with Gasteiger partial charge in [0.25, 0.3) is 0 Å². The van der Waals surface area contributed by atoms with E-state index >= 15 is 0 Å². The van der Waals surface area contributed by atoms with Crippen molar-refractivity contribution in [3.05, 3.63) is 70.8 Å². The summed E-state index contributed by atoms with van der Waals surface area (Å²) in [7, 11) is 0. The summed E-state index contributed by atoms with van der Waals surface area (Å²) in [6.07, 6.45) is 0. The lowest BCUT2D eigenvalue weighted by Crippen LogP contribution is -2.13. The number of aryl methyl sites for hydroxylation is 2. The first-order chi connectivity index (χ1) is 9.08. The normalized spacial score (nSPS) is 10.0. The Balaban J connectivity index is 2.16. The van der Waals surface area contributed by atoms with E-state index in [9.17, 15) is 9.59 Å². The van der Waals surface area contributed by atoms with E-state index in [0.717, 1.165) is 11.1 Å². The van der Waals surface area contributed by atoms with Gasteiger partial charge in [0.2, 0.25) is 0 Å². The highest BCUT2D eigenvalue weighted by molar-refractivity contribution is 6.03. The molecule has 0 unspecified atom stereocenters. The molecule has 0 aliphatic heterocycles. The van der Waals surface area contributed by atoms with Crippen molar-refractivity contribution in [1.82, 2.24) is 0 Å². The van der Waals surface area contributed by atoms with Crippen molar-refractivity contribution in [2.75, 3.05) is 0 Å². The number of ether oxygens (including phenoxy) is 1. The van der Waals surface area contributed by atoms with E-state index in [4.69, 9.17) is 4.74 Å². The number of rotatable bonds is 2. The van der Waals surface area contributed by atoms with Crippen molar-refractivity contribution in [2.45, 2.75) is 13.8 Å². The summed E-state index contributed by atoms with van der Waals surface area (Å²) in [6, 6.07) is 13.9. The van der Waals surface area contributed by atoms with E-state index < -0.39 is 11.9 Å². The number of carbonyl (C=O) groups excluding carboxylic acids is 2. The van der Waals surface area contributed by atoms with Gasteiger partial charge in [-0.2, -0.15) is 0 Å². The zero-order valence-electron chi connectivity index (χ0n) is 10.8. The van der Waals surface area contributed by atoms with Crippen LogP contribution in [0.5, 0.6) is 0 Å². The van der Waals surface area contributed by atoms with Gasteiger partial charge in [-0.15, -0.1) is 0 Å². The molecule has 96 valence electrons. The van der Waals surface area contributed by atoms with Crippen molar-refractivity contribution >= 4 is 11.9 Å². The maximum absolute atomic E-state index is 11.9. The van der Waals surface area contributed by atoms with Crippen LogP contribution in [0.3, 0.4) is 0 Å². The molecule has 0 atom stereocenters. The Labute approximate surface area is 111 Å². The summed E-state index contributed by atoms with van der Waals surface area (Å²) >= 11 is 0. The van der Waals surface area contributed by atoms with Crippen LogP contribution in [0.15, 0.2) is 48.5 Å². The van der Waals surface area contributed by atoms with Crippen LogP contribution in [0.2, 0.25) is 0 Å². The first kappa shape index (κ1) is 13.0. The first-order valence-corrected chi connectivity index (χ1v) is 5.97. The van der Waals surface area contributed by atoms with Crippen LogP contribution in [-0.4, -0.2) is 11.9 Å². The Morgan fingerprint density at radius 1 is 0.895 bits per heavy atom. The van der Waals surface area contributed by atoms with E-state index in [2.05, 4.69) is 0 Å². The molecule has 0 bridgehead atoms. The Kier molecular flexibility index (Phi) is 3.76. The summed E-state index contributed by atoms with van der Waals surface area (Å²) in [5.41, 5.74) is 2.51. The van der Waals surface area contributed by atoms with Gasteiger partial charge in [-0.3, -0.25) is 0 Å². The number of hydrogen-bond donors (Lipinski definition) is 0. The predicted molar refractivity (Wildman–Crippen MR) is 72.1 cm³/mol. The molecule has 0 amide bonds. The Bertz CT molecular complexity index is 629.